The number of hydrogen-bond donors (Lipinski definition) is 1. The monoisotopic (exact) mass is 195 g/mol. The highest BCUT2D eigenvalue weighted by atomic mass is 16.5. The lowest BCUT2D eigenvalue weighted by Gasteiger charge is -2.07. The van der Waals surface area contributed by atoms with Crippen LogP contribution in [0.2, 0.25) is 0 Å². The van der Waals surface area contributed by atoms with E-state index in [0.717, 1.165) is 30.0 Å². The van der Waals surface area contributed by atoms with E-state index in [9.17, 15) is 0 Å². The third kappa shape index (κ3) is 3.26. The summed E-state index contributed by atoms with van der Waals surface area (Å²) in [5.41, 5.74) is 7.60. The predicted octanol–water partition coefficient (Wildman–Crippen LogP) is 1.99. The first-order valence-electron chi connectivity index (χ1n) is 4.72. The smallest absolute Gasteiger partial charge is 0.121 e. The summed E-state index contributed by atoms with van der Waals surface area (Å²) in [5.74, 6) is 0.823. The molecular weight excluding hydrogens is 178 g/mol. The van der Waals surface area contributed by atoms with Crippen molar-refractivity contribution in [3.05, 3.63) is 23.8 Å². The first-order chi connectivity index (χ1) is 6.74. The molecule has 0 bridgehead atoms. The van der Waals surface area contributed by atoms with Crippen LogP contribution in [0.1, 0.15) is 12.0 Å². The van der Waals surface area contributed by atoms with Gasteiger partial charge in [-0.05, 0) is 18.6 Å². The summed E-state index contributed by atoms with van der Waals surface area (Å²) in [6, 6.07) is 5.74. The van der Waals surface area contributed by atoms with E-state index in [1.165, 1.54) is 0 Å². The lowest BCUT2D eigenvalue weighted by molar-refractivity contribution is 0.172. The Morgan fingerprint density at radius 2 is 2.07 bits per heavy atom. The molecule has 3 heteroatoms. The maximum absolute atomic E-state index is 5.75. The number of rotatable bonds is 5. The quantitative estimate of drug-likeness (QED) is 0.577. The van der Waals surface area contributed by atoms with Gasteiger partial charge in [0, 0.05) is 31.9 Å². The van der Waals surface area contributed by atoms with Crippen LogP contribution in [0, 0.1) is 6.92 Å². The Kier molecular flexibility index (Phi) is 4.26. The molecule has 0 fully saturated rings. The molecule has 0 atom stereocenters. The maximum Gasteiger partial charge on any atom is 0.121 e. The van der Waals surface area contributed by atoms with E-state index in [1.54, 1.807) is 7.11 Å². The van der Waals surface area contributed by atoms with E-state index in [1.807, 2.05) is 25.1 Å². The average Bonchev–Trinajstić information content (AvgIpc) is 2.18. The summed E-state index contributed by atoms with van der Waals surface area (Å²) in [4.78, 5) is 0. The van der Waals surface area contributed by atoms with Crippen molar-refractivity contribution in [2.45, 2.75) is 13.3 Å². The molecule has 1 aromatic rings. The molecule has 0 aromatic heterocycles. The van der Waals surface area contributed by atoms with Gasteiger partial charge in [0.05, 0.1) is 6.61 Å². The van der Waals surface area contributed by atoms with Gasteiger partial charge in [0.2, 0.25) is 0 Å². The second-order valence-corrected chi connectivity index (χ2v) is 3.21. The Bertz CT molecular complexity index is 287. The van der Waals surface area contributed by atoms with Crippen LogP contribution in [0.4, 0.5) is 5.69 Å². The number of nitrogens with two attached hydrogens (primary N) is 1. The molecule has 0 amide bonds. The molecule has 1 aromatic carbocycles. The van der Waals surface area contributed by atoms with Crippen molar-refractivity contribution in [3.8, 4) is 5.75 Å². The minimum absolute atomic E-state index is 0.663. The minimum Gasteiger partial charge on any atom is -0.493 e. The summed E-state index contributed by atoms with van der Waals surface area (Å²) in [6.07, 6.45) is 0.893. The molecule has 0 aliphatic heterocycles. The van der Waals surface area contributed by atoms with Crippen molar-refractivity contribution in [1.29, 1.82) is 0 Å². The second kappa shape index (κ2) is 5.50. The molecular formula is C11H17NO2. The Labute approximate surface area is 84.8 Å². The molecule has 0 saturated carbocycles. The van der Waals surface area contributed by atoms with Gasteiger partial charge < -0.3 is 15.2 Å². The van der Waals surface area contributed by atoms with Gasteiger partial charge >= 0.3 is 0 Å². The fourth-order valence-electron chi connectivity index (χ4n) is 1.10. The van der Waals surface area contributed by atoms with Crippen LogP contribution in [0.5, 0.6) is 5.75 Å². The van der Waals surface area contributed by atoms with Crippen LogP contribution in [0.25, 0.3) is 0 Å². The normalized spacial score (nSPS) is 10.1. The first kappa shape index (κ1) is 10.9. The van der Waals surface area contributed by atoms with Crippen LogP contribution in [0.15, 0.2) is 18.2 Å². The molecule has 2 N–H and O–H groups in total. The average molecular weight is 195 g/mol. The molecule has 1 rings (SSSR count). The molecule has 0 unspecified atom stereocenters. The van der Waals surface area contributed by atoms with Crippen LogP contribution < -0.4 is 10.5 Å². The summed E-state index contributed by atoms with van der Waals surface area (Å²) in [6.45, 7) is 3.36. The number of methoxy groups -OCH3 is 1. The number of anilines is 1. The number of benzene rings is 1. The molecule has 0 aliphatic carbocycles. The highest BCUT2D eigenvalue weighted by molar-refractivity contribution is 5.50. The lowest BCUT2D eigenvalue weighted by atomic mass is 10.2. The zero-order valence-corrected chi connectivity index (χ0v) is 8.75. The Morgan fingerprint density at radius 3 is 2.71 bits per heavy atom. The van der Waals surface area contributed by atoms with E-state index >= 15 is 0 Å². The number of aryl methyl sites for hydroxylation is 1. The van der Waals surface area contributed by atoms with Gasteiger partial charge in [-0.2, -0.15) is 0 Å². The largest absolute Gasteiger partial charge is 0.493 e. The van der Waals surface area contributed by atoms with Gasteiger partial charge in [-0.25, -0.2) is 0 Å². The van der Waals surface area contributed by atoms with E-state index in [4.69, 9.17) is 15.2 Å². The highest BCUT2D eigenvalue weighted by Crippen LogP contribution is 2.18. The third-order valence-electron chi connectivity index (χ3n) is 2.01. The topological polar surface area (TPSA) is 44.5 Å². The summed E-state index contributed by atoms with van der Waals surface area (Å²) < 4.78 is 10.4. The lowest BCUT2D eigenvalue weighted by Crippen LogP contribution is -2.01. The minimum atomic E-state index is 0.663. The van der Waals surface area contributed by atoms with Gasteiger partial charge in [0.1, 0.15) is 5.75 Å². The van der Waals surface area contributed by atoms with E-state index in [2.05, 4.69) is 0 Å². The van der Waals surface area contributed by atoms with Gasteiger partial charge in [-0.1, -0.05) is 6.07 Å². The first-order valence-corrected chi connectivity index (χ1v) is 4.72. The zero-order chi connectivity index (χ0) is 10.4. The van der Waals surface area contributed by atoms with Crippen LogP contribution in [0.3, 0.4) is 0 Å². The van der Waals surface area contributed by atoms with Gasteiger partial charge in [-0.15, -0.1) is 0 Å². The number of nitrogen functional groups attached to an aromatic ring is 1. The van der Waals surface area contributed by atoms with Gasteiger partial charge in [0.25, 0.3) is 0 Å². The molecule has 0 spiro atoms. The van der Waals surface area contributed by atoms with Crippen molar-refractivity contribution in [1.82, 2.24) is 0 Å². The van der Waals surface area contributed by atoms with Crippen LogP contribution in [-0.4, -0.2) is 20.3 Å². The van der Waals surface area contributed by atoms with Crippen molar-refractivity contribution < 1.29 is 9.47 Å². The summed E-state index contributed by atoms with van der Waals surface area (Å²) in [5, 5.41) is 0. The fraction of sp³-hybridized carbons (Fsp3) is 0.455. The standard InChI is InChI=1S/C11H17NO2/c1-9-4-5-10(8-11(9)12)14-7-3-6-13-2/h4-5,8H,3,6-7,12H2,1-2H3. The summed E-state index contributed by atoms with van der Waals surface area (Å²) in [7, 11) is 1.68. The third-order valence-corrected chi connectivity index (χ3v) is 2.01. The Hall–Kier alpha value is -1.22. The second-order valence-electron chi connectivity index (χ2n) is 3.21. The van der Waals surface area contributed by atoms with Gasteiger partial charge in [0.15, 0.2) is 0 Å². The molecule has 3 nitrogen and oxygen atoms in total. The van der Waals surface area contributed by atoms with Crippen molar-refractivity contribution >= 4 is 5.69 Å². The maximum atomic E-state index is 5.75. The van der Waals surface area contributed by atoms with E-state index in [0.29, 0.717) is 6.61 Å². The van der Waals surface area contributed by atoms with Crippen molar-refractivity contribution in [2.75, 3.05) is 26.1 Å². The fourth-order valence-corrected chi connectivity index (χ4v) is 1.10. The van der Waals surface area contributed by atoms with Crippen molar-refractivity contribution in [2.24, 2.45) is 0 Å². The molecule has 0 heterocycles. The SMILES string of the molecule is COCCCOc1ccc(C)c(N)c1. The van der Waals surface area contributed by atoms with Gasteiger partial charge in [-0.3, -0.25) is 0 Å². The number of hydrogen-bond acceptors (Lipinski definition) is 3. The molecule has 0 radical (unpaired) electrons. The predicted molar refractivity (Wildman–Crippen MR) is 57.6 cm³/mol. The Balaban J connectivity index is 2.39. The van der Waals surface area contributed by atoms with Crippen LogP contribution in [-0.2, 0) is 4.74 Å². The molecule has 14 heavy (non-hydrogen) atoms. The molecule has 0 aliphatic rings. The van der Waals surface area contributed by atoms with E-state index in [-0.39, 0.29) is 0 Å². The number of ether oxygens (including phenoxy) is 2. The molecule has 78 valence electrons. The highest BCUT2D eigenvalue weighted by Gasteiger charge is 1.97. The molecule has 0 saturated heterocycles. The zero-order valence-electron chi connectivity index (χ0n) is 8.75. The van der Waals surface area contributed by atoms with Crippen molar-refractivity contribution in [3.63, 3.8) is 0 Å². The van der Waals surface area contributed by atoms with E-state index < -0.39 is 0 Å². The van der Waals surface area contributed by atoms with Crippen LogP contribution >= 0.6 is 0 Å². The summed E-state index contributed by atoms with van der Waals surface area (Å²) >= 11 is 0. The Morgan fingerprint density at radius 1 is 1.29 bits per heavy atom.